The van der Waals surface area contributed by atoms with Gasteiger partial charge in [0.05, 0.1) is 6.04 Å². The van der Waals surface area contributed by atoms with E-state index in [9.17, 15) is 14.7 Å². The SMILES string of the molecule is CC[C@@H](N)C(=O)N1CCc2ccccc2C1C(=O)O. The van der Waals surface area contributed by atoms with Crippen LogP contribution in [0.4, 0.5) is 0 Å². The quantitative estimate of drug-likeness (QED) is 0.849. The minimum absolute atomic E-state index is 0.288. The number of carbonyl (C=O) groups excluding carboxylic acids is 1. The van der Waals surface area contributed by atoms with Crippen LogP contribution >= 0.6 is 0 Å². The Balaban J connectivity index is 2.37. The molecule has 0 bridgehead atoms. The number of carbonyl (C=O) groups is 2. The first-order chi connectivity index (χ1) is 9.06. The van der Waals surface area contributed by atoms with Crippen LogP contribution in [0.3, 0.4) is 0 Å². The largest absolute Gasteiger partial charge is 0.479 e. The fourth-order valence-corrected chi connectivity index (χ4v) is 2.46. The second-order valence-corrected chi connectivity index (χ2v) is 4.74. The average Bonchev–Trinajstić information content (AvgIpc) is 2.44. The van der Waals surface area contributed by atoms with Gasteiger partial charge >= 0.3 is 5.97 Å². The molecule has 19 heavy (non-hydrogen) atoms. The summed E-state index contributed by atoms with van der Waals surface area (Å²) in [5.41, 5.74) is 7.43. The lowest BCUT2D eigenvalue weighted by atomic mass is 9.92. The highest BCUT2D eigenvalue weighted by molar-refractivity contribution is 5.88. The highest BCUT2D eigenvalue weighted by Crippen LogP contribution is 2.30. The van der Waals surface area contributed by atoms with Gasteiger partial charge in [0, 0.05) is 6.54 Å². The number of hydrogen-bond donors (Lipinski definition) is 2. The van der Waals surface area contributed by atoms with Crippen molar-refractivity contribution < 1.29 is 14.7 Å². The Kier molecular flexibility index (Phi) is 3.85. The van der Waals surface area contributed by atoms with Gasteiger partial charge in [0.2, 0.25) is 5.91 Å². The first kappa shape index (κ1) is 13.5. The Hall–Kier alpha value is -1.88. The molecule has 5 nitrogen and oxygen atoms in total. The van der Waals surface area contributed by atoms with Gasteiger partial charge in [-0.05, 0) is 24.0 Å². The van der Waals surface area contributed by atoms with Crippen molar-refractivity contribution in [3.63, 3.8) is 0 Å². The van der Waals surface area contributed by atoms with E-state index in [4.69, 9.17) is 5.73 Å². The molecule has 1 aliphatic heterocycles. The highest BCUT2D eigenvalue weighted by Gasteiger charge is 2.36. The Morgan fingerprint density at radius 3 is 2.79 bits per heavy atom. The molecule has 2 rings (SSSR count). The molecular weight excluding hydrogens is 244 g/mol. The highest BCUT2D eigenvalue weighted by atomic mass is 16.4. The topological polar surface area (TPSA) is 83.6 Å². The van der Waals surface area contributed by atoms with Gasteiger partial charge in [0.15, 0.2) is 6.04 Å². The average molecular weight is 262 g/mol. The van der Waals surface area contributed by atoms with Gasteiger partial charge in [0.25, 0.3) is 0 Å². The number of hydrogen-bond acceptors (Lipinski definition) is 3. The van der Waals surface area contributed by atoms with Crippen molar-refractivity contribution in [2.24, 2.45) is 5.73 Å². The number of nitrogens with two attached hydrogens (primary N) is 1. The lowest BCUT2D eigenvalue weighted by Gasteiger charge is -2.36. The fraction of sp³-hybridized carbons (Fsp3) is 0.429. The zero-order chi connectivity index (χ0) is 14.0. The summed E-state index contributed by atoms with van der Waals surface area (Å²) < 4.78 is 0. The third kappa shape index (κ3) is 2.46. The number of benzene rings is 1. The van der Waals surface area contributed by atoms with Crippen molar-refractivity contribution >= 4 is 11.9 Å². The smallest absolute Gasteiger partial charge is 0.331 e. The van der Waals surface area contributed by atoms with Crippen LogP contribution < -0.4 is 5.73 Å². The molecule has 1 aliphatic rings. The van der Waals surface area contributed by atoms with E-state index < -0.39 is 18.1 Å². The fourth-order valence-electron chi connectivity index (χ4n) is 2.46. The molecule has 1 amide bonds. The number of carboxylic acids is 1. The maximum Gasteiger partial charge on any atom is 0.331 e. The number of nitrogens with zero attached hydrogens (tertiary/aromatic N) is 1. The predicted molar refractivity (Wildman–Crippen MR) is 70.5 cm³/mol. The van der Waals surface area contributed by atoms with Crippen LogP contribution in [0.5, 0.6) is 0 Å². The van der Waals surface area contributed by atoms with Gasteiger partial charge in [-0.1, -0.05) is 31.2 Å². The van der Waals surface area contributed by atoms with Gasteiger partial charge in [-0.2, -0.15) is 0 Å². The van der Waals surface area contributed by atoms with Gasteiger partial charge in [-0.3, -0.25) is 4.79 Å². The van der Waals surface area contributed by atoms with Crippen LogP contribution in [0.15, 0.2) is 24.3 Å². The molecule has 2 atom stereocenters. The van der Waals surface area contributed by atoms with Crippen LogP contribution in [0.25, 0.3) is 0 Å². The Bertz CT molecular complexity index is 501. The summed E-state index contributed by atoms with van der Waals surface area (Å²) in [4.78, 5) is 25.1. The molecule has 0 saturated carbocycles. The summed E-state index contributed by atoms with van der Waals surface area (Å²) in [6, 6.07) is 5.80. The molecule has 0 aliphatic carbocycles. The van der Waals surface area contributed by atoms with Crippen molar-refractivity contribution in [2.75, 3.05) is 6.54 Å². The first-order valence-electron chi connectivity index (χ1n) is 6.43. The van der Waals surface area contributed by atoms with Crippen LogP contribution in [-0.4, -0.2) is 34.5 Å². The van der Waals surface area contributed by atoms with E-state index in [1.54, 1.807) is 12.1 Å². The molecule has 0 fully saturated rings. The monoisotopic (exact) mass is 262 g/mol. The summed E-state index contributed by atoms with van der Waals surface area (Å²) in [7, 11) is 0. The van der Waals surface area contributed by atoms with Crippen LogP contribution in [0, 0.1) is 0 Å². The third-order valence-corrected chi connectivity index (χ3v) is 3.56. The Labute approximate surface area is 112 Å². The van der Waals surface area contributed by atoms with Gasteiger partial charge in [-0.25, -0.2) is 4.79 Å². The standard InChI is InChI=1S/C14H18N2O3/c1-2-11(15)13(17)16-8-7-9-5-3-4-6-10(9)12(16)14(18)19/h3-6,11-12H,2,7-8,15H2,1H3,(H,18,19)/t11-,12?/m1/s1. The summed E-state index contributed by atoms with van der Waals surface area (Å²) in [5.74, 6) is -1.30. The minimum atomic E-state index is -1.01. The van der Waals surface area contributed by atoms with E-state index in [-0.39, 0.29) is 5.91 Å². The second-order valence-electron chi connectivity index (χ2n) is 4.74. The van der Waals surface area contributed by atoms with Crippen molar-refractivity contribution in [1.82, 2.24) is 4.90 Å². The van der Waals surface area contributed by atoms with Crippen molar-refractivity contribution in [2.45, 2.75) is 31.8 Å². The van der Waals surface area contributed by atoms with E-state index in [0.717, 1.165) is 5.56 Å². The molecule has 0 radical (unpaired) electrons. The number of amides is 1. The second kappa shape index (κ2) is 5.40. The molecule has 0 aromatic heterocycles. The third-order valence-electron chi connectivity index (χ3n) is 3.56. The summed E-state index contributed by atoms with van der Waals surface area (Å²) in [6.45, 7) is 2.22. The normalized spacial score (nSPS) is 19.7. The lowest BCUT2D eigenvalue weighted by molar-refractivity contribution is -0.151. The maximum atomic E-state index is 12.2. The Morgan fingerprint density at radius 1 is 1.47 bits per heavy atom. The van der Waals surface area contributed by atoms with E-state index in [2.05, 4.69) is 0 Å². The molecule has 1 aromatic carbocycles. The zero-order valence-corrected chi connectivity index (χ0v) is 10.9. The van der Waals surface area contributed by atoms with Crippen molar-refractivity contribution in [1.29, 1.82) is 0 Å². The van der Waals surface area contributed by atoms with E-state index in [1.165, 1.54) is 4.90 Å². The summed E-state index contributed by atoms with van der Waals surface area (Å²) in [5, 5.41) is 9.42. The minimum Gasteiger partial charge on any atom is -0.479 e. The maximum absolute atomic E-state index is 12.2. The summed E-state index contributed by atoms with van der Waals surface area (Å²) >= 11 is 0. The number of rotatable bonds is 3. The van der Waals surface area contributed by atoms with E-state index in [1.807, 2.05) is 19.1 Å². The molecule has 1 unspecified atom stereocenters. The van der Waals surface area contributed by atoms with Crippen LogP contribution in [0.2, 0.25) is 0 Å². The number of fused-ring (bicyclic) bond motifs is 1. The molecule has 3 N–H and O–H groups in total. The molecule has 0 saturated heterocycles. The molecule has 1 heterocycles. The number of carboxylic acid groups (broad SMARTS) is 1. The van der Waals surface area contributed by atoms with Gasteiger partial charge in [0.1, 0.15) is 0 Å². The van der Waals surface area contributed by atoms with Gasteiger partial charge < -0.3 is 15.7 Å². The Morgan fingerprint density at radius 2 is 2.16 bits per heavy atom. The lowest BCUT2D eigenvalue weighted by Crippen LogP contribution is -2.50. The predicted octanol–water partition coefficient (Wildman–Crippen LogP) is 0.934. The zero-order valence-electron chi connectivity index (χ0n) is 10.9. The first-order valence-corrected chi connectivity index (χ1v) is 6.43. The van der Waals surface area contributed by atoms with Crippen LogP contribution in [-0.2, 0) is 16.0 Å². The van der Waals surface area contributed by atoms with Crippen molar-refractivity contribution in [3.8, 4) is 0 Å². The molecular formula is C14H18N2O3. The van der Waals surface area contributed by atoms with E-state index in [0.29, 0.717) is 24.9 Å². The molecule has 102 valence electrons. The molecule has 5 heteroatoms. The van der Waals surface area contributed by atoms with E-state index >= 15 is 0 Å². The number of aliphatic carboxylic acids is 1. The molecule has 1 aromatic rings. The van der Waals surface area contributed by atoms with Gasteiger partial charge in [-0.15, -0.1) is 0 Å². The summed E-state index contributed by atoms with van der Waals surface area (Å²) in [6.07, 6.45) is 1.17. The van der Waals surface area contributed by atoms with Crippen LogP contribution in [0.1, 0.15) is 30.5 Å². The molecule has 0 spiro atoms. The van der Waals surface area contributed by atoms with Crippen molar-refractivity contribution in [3.05, 3.63) is 35.4 Å².